The predicted molar refractivity (Wildman–Crippen MR) is 75.9 cm³/mol. The normalized spacial score (nSPS) is 14.2. The van der Waals surface area contributed by atoms with Gasteiger partial charge in [-0.2, -0.15) is 0 Å². The highest BCUT2D eigenvalue weighted by Crippen LogP contribution is 2.28. The maximum absolute atomic E-state index is 10.9. The number of nitrogens with two attached hydrogens (primary N) is 1. The topological polar surface area (TPSA) is 55.1 Å². The monoisotopic (exact) mass is 288 g/mol. The molecule has 0 aliphatic rings. The van der Waals surface area contributed by atoms with Gasteiger partial charge in [0.15, 0.2) is 0 Å². The molecule has 1 aromatic carbocycles. The van der Waals surface area contributed by atoms with Crippen molar-refractivity contribution >= 4 is 29.1 Å². The molecule has 5 heteroatoms. The van der Waals surface area contributed by atoms with Crippen LogP contribution in [0.2, 0.25) is 10.0 Å². The zero-order chi connectivity index (χ0) is 13.7. The smallest absolute Gasteiger partial charge is 0.218 e. The summed E-state index contributed by atoms with van der Waals surface area (Å²) < 4.78 is 0. The largest absolute Gasteiger partial charge is 0.370 e. The number of hydrogen-bond donors (Lipinski definition) is 2. The van der Waals surface area contributed by atoms with E-state index in [1.165, 1.54) is 0 Å². The van der Waals surface area contributed by atoms with Gasteiger partial charge in [-0.05, 0) is 31.0 Å². The van der Waals surface area contributed by atoms with Crippen molar-refractivity contribution in [2.24, 2.45) is 5.73 Å². The number of amides is 1. The van der Waals surface area contributed by atoms with Crippen molar-refractivity contribution in [3.8, 4) is 0 Å². The lowest BCUT2D eigenvalue weighted by Crippen LogP contribution is -2.34. The molecular weight excluding hydrogens is 271 g/mol. The van der Waals surface area contributed by atoms with Crippen LogP contribution in [-0.4, -0.2) is 11.9 Å². The van der Waals surface area contributed by atoms with Gasteiger partial charge in [0, 0.05) is 28.5 Å². The van der Waals surface area contributed by atoms with Crippen molar-refractivity contribution in [2.75, 3.05) is 0 Å². The van der Waals surface area contributed by atoms with Crippen LogP contribution < -0.4 is 11.1 Å². The van der Waals surface area contributed by atoms with Gasteiger partial charge in [0.2, 0.25) is 5.91 Å². The number of benzene rings is 1. The van der Waals surface area contributed by atoms with Crippen LogP contribution >= 0.6 is 23.2 Å². The number of carbonyl (C=O) groups excluding carboxylic acids is 1. The number of primary amides is 1. The second-order valence-electron chi connectivity index (χ2n) is 4.36. The average Bonchev–Trinajstić information content (AvgIpc) is 2.25. The van der Waals surface area contributed by atoms with Crippen LogP contribution in [0.25, 0.3) is 0 Å². The van der Waals surface area contributed by atoms with Crippen molar-refractivity contribution in [3.63, 3.8) is 0 Å². The summed E-state index contributed by atoms with van der Waals surface area (Å²) in [6.07, 6.45) is 1.17. The first-order chi connectivity index (χ1) is 8.43. The van der Waals surface area contributed by atoms with E-state index in [-0.39, 0.29) is 18.0 Å². The molecule has 3 nitrogen and oxygen atoms in total. The highest BCUT2D eigenvalue weighted by Gasteiger charge is 2.16. The van der Waals surface area contributed by atoms with Crippen LogP contribution in [0, 0.1) is 0 Å². The zero-order valence-corrected chi connectivity index (χ0v) is 12.1. The molecule has 18 heavy (non-hydrogen) atoms. The number of rotatable bonds is 6. The lowest BCUT2D eigenvalue weighted by molar-refractivity contribution is -0.118. The number of nitrogens with one attached hydrogen (secondary N) is 1. The van der Waals surface area contributed by atoms with Crippen LogP contribution in [0.15, 0.2) is 18.2 Å². The molecule has 0 spiro atoms. The van der Waals surface area contributed by atoms with Crippen molar-refractivity contribution < 1.29 is 4.79 Å². The van der Waals surface area contributed by atoms with Gasteiger partial charge >= 0.3 is 0 Å². The molecule has 0 aliphatic heterocycles. The van der Waals surface area contributed by atoms with Crippen LogP contribution in [0.4, 0.5) is 0 Å². The summed E-state index contributed by atoms with van der Waals surface area (Å²) in [6, 6.07) is 5.54. The third-order valence-electron chi connectivity index (χ3n) is 2.74. The fourth-order valence-corrected chi connectivity index (χ4v) is 2.46. The second-order valence-corrected chi connectivity index (χ2v) is 5.21. The molecule has 1 amide bonds. The summed E-state index contributed by atoms with van der Waals surface area (Å²) in [5, 5.41) is 4.59. The van der Waals surface area contributed by atoms with E-state index in [0.29, 0.717) is 16.5 Å². The molecule has 3 N–H and O–H groups in total. The van der Waals surface area contributed by atoms with E-state index in [1.54, 1.807) is 6.07 Å². The zero-order valence-electron chi connectivity index (χ0n) is 10.5. The summed E-state index contributed by atoms with van der Waals surface area (Å²) in [4.78, 5) is 10.9. The molecule has 0 fully saturated rings. The van der Waals surface area contributed by atoms with Gasteiger partial charge in [-0.3, -0.25) is 4.79 Å². The fourth-order valence-electron chi connectivity index (χ4n) is 1.92. The van der Waals surface area contributed by atoms with Gasteiger partial charge in [0.1, 0.15) is 0 Å². The minimum absolute atomic E-state index is 0.0131. The third kappa shape index (κ3) is 4.48. The van der Waals surface area contributed by atoms with E-state index in [4.69, 9.17) is 28.9 Å². The minimum Gasteiger partial charge on any atom is -0.370 e. The van der Waals surface area contributed by atoms with Crippen molar-refractivity contribution in [1.29, 1.82) is 0 Å². The Morgan fingerprint density at radius 2 is 2.11 bits per heavy atom. The Kier molecular flexibility index (Phi) is 5.93. The van der Waals surface area contributed by atoms with Gasteiger partial charge in [-0.1, -0.05) is 36.2 Å². The molecule has 2 atom stereocenters. The lowest BCUT2D eigenvalue weighted by Gasteiger charge is -2.23. The van der Waals surface area contributed by atoms with Gasteiger partial charge < -0.3 is 11.1 Å². The van der Waals surface area contributed by atoms with E-state index in [0.717, 1.165) is 12.0 Å². The molecule has 1 rings (SSSR count). The standard InChI is InChI=1S/C13H18Cl2N2O/c1-3-12(17-8(2)6-13(16)18)10-5-4-9(14)7-11(10)15/h4-5,7-8,12,17H,3,6H2,1-2H3,(H2,16,18). The number of halogens is 2. The fraction of sp³-hybridized carbons (Fsp3) is 0.462. The van der Waals surface area contributed by atoms with Gasteiger partial charge in [-0.15, -0.1) is 0 Å². The lowest BCUT2D eigenvalue weighted by atomic mass is 10.0. The summed E-state index contributed by atoms with van der Waals surface area (Å²) in [7, 11) is 0. The van der Waals surface area contributed by atoms with E-state index < -0.39 is 0 Å². The van der Waals surface area contributed by atoms with Crippen molar-refractivity contribution in [2.45, 2.75) is 38.8 Å². The molecule has 0 aliphatic carbocycles. The van der Waals surface area contributed by atoms with Gasteiger partial charge in [0.25, 0.3) is 0 Å². The summed E-state index contributed by atoms with van der Waals surface area (Å²) in [5.74, 6) is -0.313. The Morgan fingerprint density at radius 1 is 1.44 bits per heavy atom. The molecule has 2 unspecified atom stereocenters. The summed E-state index contributed by atoms with van der Waals surface area (Å²) in [6.45, 7) is 3.98. The van der Waals surface area contributed by atoms with E-state index in [1.807, 2.05) is 19.1 Å². The molecule has 0 heterocycles. The molecular formula is C13H18Cl2N2O. The molecule has 1 aromatic rings. The number of carbonyl (C=O) groups is 1. The first-order valence-electron chi connectivity index (χ1n) is 5.93. The number of hydrogen-bond acceptors (Lipinski definition) is 2. The maximum atomic E-state index is 10.9. The Hall–Kier alpha value is -0.770. The van der Waals surface area contributed by atoms with Crippen molar-refractivity contribution in [1.82, 2.24) is 5.32 Å². The molecule has 0 saturated carbocycles. The highest BCUT2D eigenvalue weighted by atomic mass is 35.5. The molecule has 0 radical (unpaired) electrons. The highest BCUT2D eigenvalue weighted by molar-refractivity contribution is 6.35. The first kappa shape index (κ1) is 15.3. The van der Waals surface area contributed by atoms with Crippen LogP contribution in [0.5, 0.6) is 0 Å². The SMILES string of the molecule is CCC(NC(C)CC(N)=O)c1ccc(Cl)cc1Cl. The maximum Gasteiger partial charge on any atom is 0.218 e. The van der Waals surface area contributed by atoms with Gasteiger partial charge in [0.05, 0.1) is 0 Å². The average molecular weight is 289 g/mol. The van der Waals surface area contributed by atoms with Crippen LogP contribution in [0.3, 0.4) is 0 Å². The van der Waals surface area contributed by atoms with E-state index in [2.05, 4.69) is 12.2 Å². The predicted octanol–water partition coefficient (Wildman–Crippen LogP) is 3.30. The Balaban J connectivity index is 2.79. The Bertz CT molecular complexity index is 423. The quantitative estimate of drug-likeness (QED) is 0.844. The molecule has 0 aromatic heterocycles. The van der Waals surface area contributed by atoms with Crippen molar-refractivity contribution in [3.05, 3.63) is 33.8 Å². The minimum atomic E-state index is -0.313. The first-order valence-corrected chi connectivity index (χ1v) is 6.69. The van der Waals surface area contributed by atoms with E-state index >= 15 is 0 Å². The molecule has 0 saturated heterocycles. The van der Waals surface area contributed by atoms with Crippen LogP contribution in [0.1, 0.15) is 38.3 Å². The van der Waals surface area contributed by atoms with E-state index in [9.17, 15) is 4.79 Å². The molecule has 0 bridgehead atoms. The summed E-state index contributed by atoms with van der Waals surface area (Å²) >= 11 is 12.0. The third-order valence-corrected chi connectivity index (χ3v) is 3.30. The second kappa shape index (κ2) is 6.98. The Labute approximate surface area is 118 Å². The van der Waals surface area contributed by atoms with Gasteiger partial charge in [-0.25, -0.2) is 0 Å². The molecule has 100 valence electrons. The summed E-state index contributed by atoms with van der Waals surface area (Å²) in [5.41, 5.74) is 6.16. The van der Waals surface area contributed by atoms with Crippen LogP contribution in [-0.2, 0) is 4.79 Å². The Morgan fingerprint density at radius 3 is 2.61 bits per heavy atom.